The summed E-state index contributed by atoms with van der Waals surface area (Å²) in [7, 11) is 0. The summed E-state index contributed by atoms with van der Waals surface area (Å²) in [5, 5.41) is 15.4. The van der Waals surface area contributed by atoms with Gasteiger partial charge in [0, 0.05) is 10.8 Å². The fourth-order valence-corrected chi connectivity index (χ4v) is 2.37. The van der Waals surface area contributed by atoms with Crippen LogP contribution in [0.15, 0.2) is 5.38 Å². The monoisotopic (exact) mass is 284 g/mol. The third kappa shape index (κ3) is 5.28. The second kappa shape index (κ2) is 6.48. The molecule has 4 nitrogen and oxygen atoms in total. The minimum Gasteiger partial charge on any atom is -0.392 e. The van der Waals surface area contributed by atoms with Gasteiger partial charge in [-0.2, -0.15) is 0 Å². The summed E-state index contributed by atoms with van der Waals surface area (Å²) in [6.45, 7) is 10.6. The Hall–Kier alpha value is -0.940. The minimum atomic E-state index is -0.582. The summed E-state index contributed by atoms with van der Waals surface area (Å²) in [5.41, 5.74) is 1.08. The molecule has 1 rings (SSSR count). The maximum Gasteiger partial charge on any atom is 0.222 e. The van der Waals surface area contributed by atoms with Crippen LogP contribution in [0, 0.1) is 5.92 Å². The van der Waals surface area contributed by atoms with E-state index in [0.29, 0.717) is 6.54 Å². The van der Waals surface area contributed by atoms with Gasteiger partial charge in [0.25, 0.3) is 0 Å². The molecule has 5 heteroatoms. The highest BCUT2D eigenvalue weighted by Crippen LogP contribution is 2.23. The Balaban J connectivity index is 2.45. The average molecular weight is 284 g/mol. The molecule has 0 aliphatic heterocycles. The Morgan fingerprint density at radius 1 is 1.47 bits per heavy atom. The van der Waals surface area contributed by atoms with Gasteiger partial charge in [0.05, 0.1) is 24.8 Å². The number of carbonyl (C=O) groups is 1. The molecule has 0 fully saturated rings. The van der Waals surface area contributed by atoms with Crippen molar-refractivity contribution in [2.45, 2.75) is 59.1 Å². The number of aliphatic hydroxyl groups excluding tert-OH is 1. The summed E-state index contributed by atoms with van der Waals surface area (Å²) >= 11 is 1.56. The van der Waals surface area contributed by atoms with Gasteiger partial charge in [0.2, 0.25) is 5.91 Å². The lowest BCUT2D eigenvalue weighted by atomic mass is 9.93. The van der Waals surface area contributed by atoms with Crippen LogP contribution < -0.4 is 5.32 Å². The molecule has 108 valence electrons. The summed E-state index contributed by atoms with van der Waals surface area (Å²) in [6.07, 6.45) is -0.434. The van der Waals surface area contributed by atoms with Crippen molar-refractivity contribution in [2.24, 2.45) is 5.92 Å². The number of thiazole rings is 1. The fraction of sp³-hybridized carbons (Fsp3) is 0.714. The van der Waals surface area contributed by atoms with Crippen molar-refractivity contribution in [3.05, 3.63) is 16.1 Å². The first-order valence-electron chi connectivity index (χ1n) is 6.59. The Morgan fingerprint density at radius 3 is 2.58 bits per heavy atom. The minimum absolute atomic E-state index is 0.0343. The molecule has 0 aromatic carbocycles. The number of rotatable bonds is 5. The second-order valence-corrected chi connectivity index (χ2v) is 7.11. The molecule has 0 aliphatic rings. The number of nitrogens with zero attached hydrogens (tertiary/aromatic N) is 1. The summed E-state index contributed by atoms with van der Waals surface area (Å²) < 4.78 is 0. The van der Waals surface area contributed by atoms with Crippen LogP contribution in [-0.2, 0) is 16.8 Å². The molecule has 0 aliphatic carbocycles. The van der Waals surface area contributed by atoms with Gasteiger partial charge in [-0.05, 0) is 5.92 Å². The summed E-state index contributed by atoms with van der Waals surface area (Å²) in [6, 6.07) is 0. The number of hydrogen-bond donors (Lipinski definition) is 2. The van der Waals surface area contributed by atoms with Crippen LogP contribution >= 0.6 is 11.3 Å². The summed E-state index contributed by atoms with van der Waals surface area (Å²) in [4.78, 5) is 16.1. The van der Waals surface area contributed by atoms with E-state index in [-0.39, 0.29) is 23.7 Å². The SMILES string of the molecule is CC(C)C(O)CC(=O)NCc1nc(C(C)(C)C)cs1. The van der Waals surface area contributed by atoms with Gasteiger partial charge in [-0.3, -0.25) is 4.79 Å². The zero-order valence-corrected chi connectivity index (χ0v) is 13.2. The van der Waals surface area contributed by atoms with E-state index in [1.807, 2.05) is 19.2 Å². The molecule has 1 heterocycles. The van der Waals surface area contributed by atoms with Gasteiger partial charge in [-0.1, -0.05) is 34.6 Å². The fourth-order valence-electron chi connectivity index (χ4n) is 1.41. The highest BCUT2D eigenvalue weighted by Gasteiger charge is 2.18. The van der Waals surface area contributed by atoms with Crippen molar-refractivity contribution in [3.63, 3.8) is 0 Å². The molecule has 0 radical (unpaired) electrons. The molecule has 0 spiro atoms. The third-order valence-corrected chi connectivity index (χ3v) is 3.77. The number of aliphatic hydroxyl groups is 1. The van der Waals surface area contributed by atoms with Gasteiger partial charge in [-0.25, -0.2) is 4.98 Å². The Kier molecular flexibility index (Phi) is 5.50. The van der Waals surface area contributed by atoms with E-state index in [0.717, 1.165) is 10.7 Å². The molecular formula is C14H24N2O2S. The smallest absolute Gasteiger partial charge is 0.222 e. The molecule has 1 aromatic rings. The lowest BCUT2D eigenvalue weighted by Crippen LogP contribution is -2.29. The molecule has 1 amide bonds. The van der Waals surface area contributed by atoms with Gasteiger partial charge < -0.3 is 10.4 Å². The highest BCUT2D eigenvalue weighted by molar-refractivity contribution is 7.09. The normalized spacial score (nSPS) is 13.6. The quantitative estimate of drug-likeness (QED) is 0.873. The maximum absolute atomic E-state index is 11.6. The molecule has 0 saturated heterocycles. The van der Waals surface area contributed by atoms with E-state index in [1.54, 1.807) is 11.3 Å². The van der Waals surface area contributed by atoms with Crippen LogP contribution in [-0.4, -0.2) is 22.1 Å². The lowest BCUT2D eigenvalue weighted by Gasteiger charge is -2.14. The first-order chi connectivity index (χ1) is 8.70. The topological polar surface area (TPSA) is 62.2 Å². The standard InChI is InChI=1S/C14H24N2O2S/c1-9(2)10(17)6-12(18)15-7-13-16-11(8-19-13)14(3,4)5/h8-10,17H,6-7H2,1-5H3,(H,15,18). The van der Waals surface area contributed by atoms with Crippen LogP contribution in [0.25, 0.3) is 0 Å². The first-order valence-corrected chi connectivity index (χ1v) is 7.47. The van der Waals surface area contributed by atoms with Crippen LogP contribution in [0.4, 0.5) is 0 Å². The number of carbonyl (C=O) groups excluding carboxylic acids is 1. The Morgan fingerprint density at radius 2 is 2.11 bits per heavy atom. The van der Waals surface area contributed by atoms with Gasteiger partial charge >= 0.3 is 0 Å². The lowest BCUT2D eigenvalue weighted by molar-refractivity contribution is -0.123. The zero-order chi connectivity index (χ0) is 14.6. The van der Waals surface area contributed by atoms with Crippen molar-refractivity contribution in [1.29, 1.82) is 0 Å². The van der Waals surface area contributed by atoms with Crippen molar-refractivity contribution in [1.82, 2.24) is 10.3 Å². The molecular weight excluding hydrogens is 260 g/mol. The number of aromatic nitrogens is 1. The Bertz CT molecular complexity index is 421. The van der Waals surface area contributed by atoms with Crippen molar-refractivity contribution >= 4 is 17.2 Å². The number of nitrogens with one attached hydrogen (secondary N) is 1. The molecule has 0 bridgehead atoms. The van der Waals surface area contributed by atoms with E-state index in [1.165, 1.54) is 0 Å². The van der Waals surface area contributed by atoms with Gasteiger partial charge in [-0.15, -0.1) is 11.3 Å². The molecule has 2 N–H and O–H groups in total. The van der Waals surface area contributed by atoms with E-state index in [4.69, 9.17) is 0 Å². The predicted molar refractivity (Wildman–Crippen MR) is 78.1 cm³/mol. The van der Waals surface area contributed by atoms with Crippen LogP contribution in [0.2, 0.25) is 0 Å². The molecule has 1 atom stereocenters. The average Bonchev–Trinajstić information content (AvgIpc) is 2.74. The number of hydrogen-bond acceptors (Lipinski definition) is 4. The molecule has 19 heavy (non-hydrogen) atoms. The van der Waals surface area contributed by atoms with Crippen molar-refractivity contribution in [3.8, 4) is 0 Å². The van der Waals surface area contributed by atoms with E-state index >= 15 is 0 Å². The van der Waals surface area contributed by atoms with Crippen molar-refractivity contribution in [2.75, 3.05) is 0 Å². The molecule has 0 saturated carbocycles. The van der Waals surface area contributed by atoms with Gasteiger partial charge in [0.15, 0.2) is 0 Å². The van der Waals surface area contributed by atoms with E-state index in [2.05, 4.69) is 31.1 Å². The van der Waals surface area contributed by atoms with Crippen molar-refractivity contribution < 1.29 is 9.90 Å². The zero-order valence-electron chi connectivity index (χ0n) is 12.4. The number of amides is 1. The summed E-state index contributed by atoms with van der Waals surface area (Å²) in [5.74, 6) is -0.0354. The second-order valence-electron chi connectivity index (χ2n) is 6.17. The predicted octanol–water partition coefficient (Wildman–Crippen LogP) is 2.46. The molecule has 1 aromatic heterocycles. The van der Waals surface area contributed by atoms with Crippen LogP contribution in [0.3, 0.4) is 0 Å². The maximum atomic E-state index is 11.6. The third-order valence-electron chi connectivity index (χ3n) is 2.92. The van der Waals surface area contributed by atoms with E-state index in [9.17, 15) is 9.90 Å². The first kappa shape index (κ1) is 16.1. The molecule has 1 unspecified atom stereocenters. The Labute approximate surface area is 119 Å². The van der Waals surface area contributed by atoms with Gasteiger partial charge in [0.1, 0.15) is 5.01 Å². The van der Waals surface area contributed by atoms with Crippen LogP contribution in [0.1, 0.15) is 51.7 Å². The highest BCUT2D eigenvalue weighted by atomic mass is 32.1. The van der Waals surface area contributed by atoms with Crippen LogP contribution in [0.5, 0.6) is 0 Å². The van der Waals surface area contributed by atoms with E-state index < -0.39 is 6.10 Å². The largest absolute Gasteiger partial charge is 0.392 e.